The second-order valence-electron chi connectivity index (χ2n) is 6.05. The van der Waals surface area contributed by atoms with Crippen LogP contribution in [0.15, 0.2) is 0 Å². The van der Waals surface area contributed by atoms with Gasteiger partial charge in [0.2, 0.25) is 0 Å². The van der Waals surface area contributed by atoms with Crippen molar-refractivity contribution in [1.82, 2.24) is 4.90 Å². The maximum atomic E-state index is 12.0. The van der Waals surface area contributed by atoms with E-state index in [2.05, 4.69) is 0 Å². The quantitative estimate of drug-likeness (QED) is 0.670. The molecule has 2 aliphatic rings. The molecule has 2 fully saturated rings. The van der Waals surface area contributed by atoms with E-state index >= 15 is 0 Å². The lowest BCUT2D eigenvalue weighted by atomic mass is 10.0. The van der Waals surface area contributed by atoms with Crippen LogP contribution in [0.4, 0.5) is 4.79 Å². The molecule has 1 amide bonds. The summed E-state index contributed by atoms with van der Waals surface area (Å²) in [6.45, 7) is 6.34. The number of likely N-dealkylation sites (tertiary alicyclic amines) is 1. The Morgan fingerprint density at radius 2 is 1.95 bits per heavy atom. The predicted octanol–water partition coefficient (Wildman–Crippen LogP) is 1.18. The monoisotopic (exact) mass is 271 g/mol. The summed E-state index contributed by atoms with van der Waals surface area (Å²) in [6, 6.07) is 0. The van der Waals surface area contributed by atoms with E-state index in [1.807, 2.05) is 20.8 Å². The van der Waals surface area contributed by atoms with Gasteiger partial charge in [0.15, 0.2) is 0 Å². The molecule has 0 radical (unpaired) electrons. The van der Waals surface area contributed by atoms with Crippen LogP contribution in [0.5, 0.6) is 0 Å². The fourth-order valence-electron chi connectivity index (χ4n) is 2.53. The Kier molecular flexibility index (Phi) is 3.71. The largest absolute Gasteiger partial charge is 0.469 e. The highest BCUT2D eigenvalue weighted by Crippen LogP contribution is 2.33. The Hall–Kier alpha value is -1.30. The number of morpholine rings is 1. The molecule has 2 aliphatic heterocycles. The molecular formula is C13H21NO5. The maximum absolute atomic E-state index is 12.0. The van der Waals surface area contributed by atoms with Gasteiger partial charge in [0.25, 0.3) is 0 Å². The Labute approximate surface area is 113 Å². The Bertz CT molecular complexity index is 376. The van der Waals surface area contributed by atoms with Gasteiger partial charge in [-0.25, -0.2) is 4.79 Å². The predicted molar refractivity (Wildman–Crippen MR) is 66.6 cm³/mol. The third-order valence-corrected chi connectivity index (χ3v) is 3.31. The second kappa shape index (κ2) is 5.00. The zero-order valence-corrected chi connectivity index (χ0v) is 11.8. The number of nitrogens with zero attached hydrogens (tertiary/aromatic N) is 1. The molecule has 108 valence electrons. The van der Waals surface area contributed by atoms with Crippen molar-refractivity contribution < 1.29 is 23.8 Å². The normalized spacial score (nSPS) is 30.1. The van der Waals surface area contributed by atoms with Gasteiger partial charge in [-0.3, -0.25) is 4.79 Å². The number of amides is 1. The molecule has 0 aliphatic carbocycles. The number of rotatable bonds is 1. The fraction of sp³-hybridized carbons (Fsp3) is 0.846. The Balaban J connectivity index is 1.98. The van der Waals surface area contributed by atoms with Crippen molar-refractivity contribution in [2.45, 2.75) is 45.0 Å². The molecule has 2 saturated heterocycles. The first-order chi connectivity index (χ1) is 8.80. The van der Waals surface area contributed by atoms with E-state index in [1.54, 1.807) is 4.90 Å². The van der Waals surface area contributed by atoms with Gasteiger partial charge in [-0.2, -0.15) is 0 Å². The minimum Gasteiger partial charge on any atom is -0.469 e. The molecule has 6 nitrogen and oxygen atoms in total. The van der Waals surface area contributed by atoms with Gasteiger partial charge in [-0.1, -0.05) is 0 Å². The average Bonchev–Trinajstić information content (AvgIpc) is 2.61. The number of hydrogen-bond donors (Lipinski definition) is 0. The summed E-state index contributed by atoms with van der Waals surface area (Å²) in [5.41, 5.74) is -0.518. The van der Waals surface area contributed by atoms with E-state index in [9.17, 15) is 9.59 Å². The van der Waals surface area contributed by atoms with E-state index in [0.717, 1.165) is 0 Å². The molecule has 0 aromatic heterocycles. The molecule has 0 aromatic carbocycles. The first-order valence-electron chi connectivity index (χ1n) is 6.51. The third kappa shape index (κ3) is 3.18. The van der Waals surface area contributed by atoms with E-state index < -0.39 is 5.60 Å². The van der Waals surface area contributed by atoms with Crippen molar-refractivity contribution in [3.05, 3.63) is 0 Å². The summed E-state index contributed by atoms with van der Waals surface area (Å²) < 4.78 is 15.8. The molecule has 0 saturated carbocycles. The number of carbonyl (C=O) groups is 2. The van der Waals surface area contributed by atoms with Gasteiger partial charge in [-0.05, 0) is 27.2 Å². The van der Waals surface area contributed by atoms with Crippen molar-refractivity contribution in [3.8, 4) is 0 Å². The zero-order chi connectivity index (χ0) is 14.2. The molecule has 2 heterocycles. The maximum Gasteiger partial charge on any atom is 0.410 e. The Morgan fingerprint density at radius 3 is 2.53 bits per heavy atom. The summed E-state index contributed by atoms with van der Waals surface area (Å²) in [7, 11) is 1.37. The highest BCUT2D eigenvalue weighted by atomic mass is 16.6. The number of hydrogen-bond acceptors (Lipinski definition) is 5. The molecule has 0 aromatic rings. The van der Waals surface area contributed by atoms with Crippen molar-refractivity contribution in [1.29, 1.82) is 0 Å². The molecular weight excluding hydrogens is 250 g/mol. The first kappa shape index (κ1) is 14.1. The van der Waals surface area contributed by atoms with Crippen LogP contribution in [0.3, 0.4) is 0 Å². The number of carbonyl (C=O) groups excluding carboxylic acids is 2. The van der Waals surface area contributed by atoms with E-state index in [4.69, 9.17) is 14.2 Å². The SMILES string of the molecule is COC(=O)C1CC2CN(C(=O)OC(C)(C)C)CC1O2. The standard InChI is InChI=1S/C13H21NO5/c1-13(2,3)19-12(16)14-6-8-5-9(11(15)17-4)10(7-14)18-8/h8-10H,5-7H2,1-4H3. The molecule has 0 N–H and O–H groups in total. The van der Waals surface area contributed by atoms with Gasteiger partial charge >= 0.3 is 12.1 Å². The van der Waals surface area contributed by atoms with Crippen LogP contribution >= 0.6 is 0 Å². The summed E-state index contributed by atoms with van der Waals surface area (Å²) in [5.74, 6) is -0.541. The van der Waals surface area contributed by atoms with Crippen LogP contribution in [-0.4, -0.2) is 55.0 Å². The van der Waals surface area contributed by atoms with Gasteiger partial charge in [0.05, 0.1) is 38.3 Å². The van der Waals surface area contributed by atoms with Crippen LogP contribution in [-0.2, 0) is 19.0 Å². The molecule has 3 atom stereocenters. The summed E-state index contributed by atoms with van der Waals surface area (Å²) in [6.07, 6.45) is -0.123. The van der Waals surface area contributed by atoms with Crippen molar-refractivity contribution in [2.75, 3.05) is 20.2 Å². The van der Waals surface area contributed by atoms with E-state index in [0.29, 0.717) is 19.5 Å². The number of fused-ring (bicyclic) bond motifs is 2. The van der Waals surface area contributed by atoms with Crippen LogP contribution in [0.25, 0.3) is 0 Å². The molecule has 19 heavy (non-hydrogen) atoms. The number of esters is 1. The first-order valence-corrected chi connectivity index (χ1v) is 6.51. The smallest absolute Gasteiger partial charge is 0.410 e. The Morgan fingerprint density at radius 1 is 1.26 bits per heavy atom. The molecule has 0 spiro atoms. The minimum atomic E-state index is -0.518. The third-order valence-electron chi connectivity index (χ3n) is 3.31. The van der Waals surface area contributed by atoms with E-state index in [-0.39, 0.29) is 30.2 Å². The topological polar surface area (TPSA) is 65.1 Å². The summed E-state index contributed by atoms with van der Waals surface area (Å²) in [4.78, 5) is 25.3. The average molecular weight is 271 g/mol. The molecule has 6 heteroatoms. The number of ether oxygens (including phenoxy) is 3. The lowest BCUT2D eigenvalue weighted by Gasteiger charge is -2.34. The zero-order valence-electron chi connectivity index (χ0n) is 11.8. The van der Waals surface area contributed by atoms with Crippen LogP contribution < -0.4 is 0 Å². The van der Waals surface area contributed by atoms with Gasteiger partial charge in [-0.15, -0.1) is 0 Å². The van der Waals surface area contributed by atoms with Crippen LogP contribution in [0, 0.1) is 5.92 Å². The summed E-state index contributed by atoms with van der Waals surface area (Å²) in [5, 5.41) is 0. The summed E-state index contributed by atoms with van der Waals surface area (Å²) >= 11 is 0. The fourth-order valence-corrected chi connectivity index (χ4v) is 2.53. The lowest BCUT2D eigenvalue weighted by molar-refractivity contribution is -0.148. The highest BCUT2D eigenvalue weighted by Gasteiger charge is 2.46. The second-order valence-corrected chi connectivity index (χ2v) is 6.05. The highest BCUT2D eigenvalue weighted by molar-refractivity contribution is 5.74. The number of methoxy groups -OCH3 is 1. The van der Waals surface area contributed by atoms with Crippen molar-refractivity contribution in [3.63, 3.8) is 0 Å². The molecule has 2 bridgehead atoms. The van der Waals surface area contributed by atoms with Crippen LogP contribution in [0.2, 0.25) is 0 Å². The minimum absolute atomic E-state index is 0.102. The van der Waals surface area contributed by atoms with Crippen molar-refractivity contribution in [2.24, 2.45) is 5.92 Å². The molecule has 2 rings (SSSR count). The lowest BCUT2D eigenvalue weighted by Crippen LogP contribution is -2.48. The van der Waals surface area contributed by atoms with Gasteiger partial charge in [0, 0.05) is 0 Å². The van der Waals surface area contributed by atoms with Gasteiger partial charge < -0.3 is 19.1 Å². The van der Waals surface area contributed by atoms with Crippen molar-refractivity contribution >= 4 is 12.1 Å². The van der Waals surface area contributed by atoms with Crippen LogP contribution in [0.1, 0.15) is 27.2 Å². The molecule has 3 unspecified atom stereocenters. The van der Waals surface area contributed by atoms with E-state index in [1.165, 1.54) is 7.11 Å². The van der Waals surface area contributed by atoms with Gasteiger partial charge in [0.1, 0.15) is 5.60 Å².